The van der Waals surface area contributed by atoms with Crippen LogP contribution in [0.15, 0.2) is 24.3 Å². The van der Waals surface area contributed by atoms with E-state index in [1.807, 2.05) is 18.2 Å². The fraction of sp³-hybridized carbons (Fsp3) is 0.400. The maximum absolute atomic E-state index is 11.7. The zero-order valence-electron chi connectivity index (χ0n) is 11.4. The molecule has 0 aliphatic carbocycles. The summed E-state index contributed by atoms with van der Waals surface area (Å²) in [6.45, 7) is 4.83. The van der Waals surface area contributed by atoms with Crippen LogP contribution in [-0.2, 0) is 4.74 Å². The molecule has 106 valence electrons. The minimum atomic E-state index is -0.215. The van der Waals surface area contributed by atoms with Crippen molar-refractivity contribution in [3.05, 3.63) is 29.8 Å². The van der Waals surface area contributed by atoms with Crippen LogP contribution < -0.4 is 10.6 Å². The third kappa shape index (κ3) is 4.57. The van der Waals surface area contributed by atoms with Crippen molar-refractivity contribution in [1.82, 2.24) is 10.2 Å². The number of nitrogens with one attached hydrogen (secondary N) is 2. The molecule has 0 atom stereocenters. The molecule has 1 fully saturated rings. The first-order valence-electron chi connectivity index (χ1n) is 6.69. The summed E-state index contributed by atoms with van der Waals surface area (Å²) in [5.41, 5.74) is 1.44. The van der Waals surface area contributed by atoms with E-state index in [1.54, 1.807) is 6.07 Å². The lowest BCUT2D eigenvalue weighted by molar-refractivity contribution is 0.0388. The quantitative estimate of drug-likeness (QED) is 0.808. The molecule has 2 N–H and O–H groups in total. The summed E-state index contributed by atoms with van der Waals surface area (Å²) in [6.07, 6.45) is 5.32. The molecule has 5 nitrogen and oxygen atoms in total. The van der Waals surface area contributed by atoms with Gasteiger partial charge in [0.25, 0.3) is 0 Å². The van der Waals surface area contributed by atoms with Gasteiger partial charge in [-0.1, -0.05) is 12.0 Å². The Labute approximate surface area is 119 Å². The highest BCUT2D eigenvalue weighted by Crippen LogP contribution is 2.09. The smallest absolute Gasteiger partial charge is 0.319 e. The number of rotatable bonds is 4. The van der Waals surface area contributed by atoms with E-state index in [9.17, 15) is 4.79 Å². The molecule has 0 saturated carbocycles. The standard InChI is InChI=1S/C15H19N3O2/c1-2-13-4-3-5-14(12-13)17-15(19)16-6-7-18-8-10-20-11-9-18/h1,3-5,12H,6-11H2,(H2,16,17,19). The monoisotopic (exact) mass is 273 g/mol. The van der Waals surface area contributed by atoms with Gasteiger partial charge in [0, 0.05) is 37.4 Å². The Balaban J connectivity index is 1.70. The number of benzene rings is 1. The Kier molecular flexibility index (Phi) is 5.42. The third-order valence-corrected chi connectivity index (χ3v) is 3.10. The van der Waals surface area contributed by atoms with Crippen LogP contribution in [-0.4, -0.2) is 50.3 Å². The maximum atomic E-state index is 11.7. The molecule has 5 heteroatoms. The molecule has 20 heavy (non-hydrogen) atoms. The lowest BCUT2D eigenvalue weighted by atomic mass is 10.2. The summed E-state index contributed by atoms with van der Waals surface area (Å²) in [4.78, 5) is 14.0. The summed E-state index contributed by atoms with van der Waals surface area (Å²) >= 11 is 0. The molecule has 0 bridgehead atoms. The minimum absolute atomic E-state index is 0.215. The van der Waals surface area contributed by atoms with Crippen LogP contribution in [0.25, 0.3) is 0 Å². The van der Waals surface area contributed by atoms with E-state index in [0.29, 0.717) is 12.2 Å². The summed E-state index contributed by atoms with van der Waals surface area (Å²) in [6, 6.07) is 7.00. The zero-order chi connectivity index (χ0) is 14.2. The van der Waals surface area contributed by atoms with E-state index in [0.717, 1.165) is 38.4 Å². The highest BCUT2D eigenvalue weighted by molar-refractivity contribution is 5.89. The van der Waals surface area contributed by atoms with Crippen LogP contribution >= 0.6 is 0 Å². The Morgan fingerprint density at radius 3 is 2.95 bits per heavy atom. The van der Waals surface area contributed by atoms with E-state index < -0.39 is 0 Å². The SMILES string of the molecule is C#Cc1cccc(NC(=O)NCCN2CCOCC2)c1. The topological polar surface area (TPSA) is 53.6 Å². The average molecular weight is 273 g/mol. The molecule has 1 aromatic rings. The van der Waals surface area contributed by atoms with Crippen molar-refractivity contribution in [2.24, 2.45) is 0 Å². The lowest BCUT2D eigenvalue weighted by Crippen LogP contribution is -2.42. The van der Waals surface area contributed by atoms with Gasteiger partial charge >= 0.3 is 6.03 Å². The zero-order valence-corrected chi connectivity index (χ0v) is 11.4. The minimum Gasteiger partial charge on any atom is -0.379 e. The number of hydrogen-bond acceptors (Lipinski definition) is 3. The number of terminal acetylenes is 1. The molecular formula is C15H19N3O2. The molecule has 0 radical (unpaired) electrons. The van der Waals surface area contributed by atoms with Crippen LogP contribution in [0.3, 0.4) is 0 Å². The van der Waals surface area contributed by atoms with E-state index in [4.69, 9.17) is 11.2 Å². The first-order valence-corrected chi connectivity index (χ1v) is 6.69. The number of carbonyl (C=O) groups is 1. The molecule has 1 aliphatic rings. The number of ether oxygens (including phenoxy) is 1. The Bertz CT molecular complexity index is 490. The number of carbonyl (C=O) groups excluding carboxylic acids is 1. The normalized spacial score (nSPS) is 15.3. The van der Waals surface area contributed by atoms with Gasteiger partial charge in [-0.05, 0) is 18.2 Å². The van der Waals surface area contributed by atoms with Crippen molar-refractivity contribution in [3.8, 4) is 12.3 Å². The predicted molar refractivity (Wildman–Crippen MR) is 78.7 cm³/mol. The fourth-order valence-electron chi connectivity index (χ4n) is 2.01. The Hall–Kier alpha value is -2.03. The van der Waals surface area contributed by atoms with Crippen molar-refractivity contribution >= 4 is 11.7 Å². The molecule has 1 aromatic carbocycles. The second kappa shape index (κ2) is 7.53. The van der Waals surface area contributed by atoms with Crippen molar-refractivity contribution < 1.29 is 9.53 Å². The highest BCUT2D eigenvalue weighted by atomic mass is 16.5. The van der Waals surface area contributed by atoms with Crippen LogP contribution in [0.4, 0.5) is 10.5 Å². The van der Waals surface area contributed by atoms with Crippen LogP contribution in [0, 0.1) is 12.3 Å². The molecule has 1 heterocycles. The second-order valence-electron chi connectivity index (χ2n) is 4.56. The summed E-state index contributed by atoms with van der Waals surface area (Å²) in [5.74, 6) is 2.54. The molecule has 2 rings (SSSR count). The van der Waals surface area contributed by atoms with Gasteiger partial charge in [0.2, 0.25) is 0 Å². The van der Waals surface area contributed by atoms with Gasteiger partial charge in [0.1, 0.15) is 0 Å². The number of anilines is 1. The van der Waals surface area contributed by atoms with Crippen molar-refractivity contribution in [3.63, 3.8) is 0 Å². The lowest BCUT2D eigenvalue weighted by Gasteiger charge is -2.26. The Morgan fingerprint density at radius 2 is 2.20 bits per heavy atom. The van der Waals surface area contributed by atoms with Gasteiger partial charge in [-0.3, -0.25) is 4.90 Å². The molecule has 0 spiro atoms. The number of urea groups is 1. The van der Waals surface area contributed by atoms with Gasteiger partial charge in [-0.25, -0.2) is 4.79 Å². The maximum Gasteiger partial charge on any atom is 0.319 e. The van der Waals surface area contributed by atoms with Gasteiger partial charge in [0.15, 0.2) is 0 Å². The van der Waals surface area contributed by atoms with E-state index in [1.165, 1.54) is 0 Å². The number of amides is 2. The summed E-state index contributed by atoms with van der Waals surface area (Å²) < 4.78 is 5.27. The van der Waals surface area contributed by atoms with Crippen molar-refractivity contribution in [2.45, 2.75) is 0 Å². The summed E-state index contributed by atoms with van der Waals surface area (Å²) in [7, 11) is 0. The predicted octanol–water partition coefficient (Wildman–Crippen LogP) is 1.12. The van der Waals surface area contributed by atoms with E-state index in [-0.39, 0.29) is 6.03 Å². The fourth-order valence-corrected chi connectivity index (χ4v) is 2.01. The van der Waals surface area contributed by atoms with Gasteiger partial charge in [0.05, 0.1) is 13.2 Å². The first-order chi connectivity index (χ1) is 9.78. The summed E-state index contributed by atoms with van der Waals surface area (Å²) in [5, 5.41) is 5.60. The van der Waals surface area contributed by atoms with Gasteiger partial charge in [-0.15, -0.1) is 6.42 Å². The number of morpholine rings is 1. The molecule has 1 aliphatic heterocycles. The molecule has 1 saturated heterocycles. The molecule has 2 amide bonds. The van der Waals surface area contributed by atoms with Crippen LogP contribution in [0.1, 0.15) is 5.56 Å². The van der Waals surface area contributed by atoms with Crippen LogP contribution in [0.2, 0.25) is 0 Å². The first kappa shape index (κ1) is 14.4. The average Bonchev–Trinajstić information content (AvgIpc) is 2.48. The van der Waals surface area contributed by atoms with Gasteiger partial charge < -0.3 is 15.4 Å². The number of nitrogens with zero attached hydrogens (tertiary/aromatic N) is 1. The second-order valence-corrected chi connectivity index (χ2v) is 4.56. The Morgan fingerprint density at radius 1 is 1.40 bits per heavy atom. The largest absolute Gasteiger partial charge is 0.379 e. The van der Waals surface area contributed by atoms with E-state index >= 15 is 0 Å². The molecular weight excluding hydrogens is 254 g/mol. The molecule has 0 aromatic heterocycles. The number of hydrogen-bond donors (Lipinski definition) is 2. The van der Waals surface area contributed by atoms with Crippen molar-refractivity contribution in [2.75, 3.05) is 44.7 Å². The molecule has 0 unspecified atom stereocenters. The van der Waals surface area contributed by atoms with Crippen LogP contribution in [0.5, 0.6) is 0 Å². The van der Waals surface area contributed by atoms with Crippen molar-refractivity contribution in [1.29, 1.82) is 0 Å². The van der Waals surface area contributed by atoms with E-state index in [2.05, 4.69) is 21.5 Å². The highest BCUT2D eigenvalue weighted by Gasteiger charge is 2.10. The third-order valence-electron chi connectivity index (χ3n) is 3.10. The van der Waals surface area contributed by atoms with Gasteiger partial charge in [-0.2, -0.15) is 0 Å².